The van der Waals surface area contributed by atoms with Crippen molar-refractivity contribution in [2.45, 2.75) is 12.8 Å². The Morgan fingerprint density at radius 2 is 2.28 bits per heavy atom. The summed E-state index contributed by atoms with van der Waals surface area (Å²) in [6, 6.07) is 0. The van der Waals surface area contributed by atoms with E-state index < -0.39 is 35.0 Å². The highest BCUT2D eigenvalue weighted by Gasteiger charge is 2.28. The van der Waals surface area contributed by atoms with Gasteiger partial charge in [-0.25, -0.2) is 13.8 Å². The van der Waals surface area contributed by atoms with Gasteiger partial charge in [0.2, 0.25) is 0 Å². The number of alkyl halides is 2. The molecule has 0 N–H and O–H groups in total. The number of halogens is 3. The highest BCUT2D eigenvalue weighted by atomic mass is 127. The molecule has 0 aliphatic rings. The third-order valence-corrected chi connectivity index (χ3v) is 2.98. The number of carbonyl (C=O) groups excluding carboxylic acids is 1. The van der Waals surface area contributed by atoms with Crippen LogP contribution in [0.15, 0.2) is 6.20 Å². The molecule has 0 radical (unpaired) electrons. The standard InChI is InChI=1S/C9H7F2IN2O4/c1-18-6(15)2-4-5(14(16)17)3-13-9(12)7(4)8(10)11/h3,8H,2H2,1H3. The average Bonchev–Trinajstić information content (AvgIpc) is 2.27. The van der Waals surface area contributed by atoms with Crippen LogP contribution in [0.1, 0.15) is 17.6 Å². The molecule has 0 saturated heterocycles. The van der Waals surface area contributed by atoms with Gasteiger partial charge in [-0.2, -0.15) is 0 Å². The van der Waals surface area contributed by atoms with Gasteiger partial charge < -0.3 is 4.74 Å². The second kappa shape index (κ2) is 5.98. The van der Waals surface area contributed by atoms with E-state index in [0.717, 1.165) is 13.3 Å². The minimum absolute atomic E-state index is 0.0768. The summed E-state index contributed by atoms with van der Waals surface area (Å²) in [4.78, 5) is 24.5. The average molecular weight is 372 g/mol. The monoisotopic (exact) mass is 372 g/mol. The van der Waals surface area contributed by atoms with Crippen molar-refractivity contribution in [1.29, 1.82) is 0 Å². The van der Waals surface area contributed by atoms with Crippen LogP contribution < -0.4 is 0 Å². The number of methoxy groups -OCH3 is 1. The van der Waals surface area contributed by atoms with Gasteiger partial charge >= 0.3 is 5.97 Å². The number of hydrogen-bond donors (Lipinski definition) is 0. The van der Waals surface area contributed by atoms with E-state index in [0.29, 0.717) is 0 Å². The molecular weight excluding hydrogens is 365 g/mol. The van der Waals surface area contributed by atoms with E-state index in [-0.39, 0.29) is 9.26 Å². The summed E-state index contributed by atoms with van der Waals surface area (Å²) in [6.45, 7) is 0. The van der Waals surface area contributed by atoms with E-state index in [1.165, 1.54) is 22.6 Å². The zero-order chi connectivity index (χ0) is 13.9. The first-order valence-electron chi connectivity index (χ1n) is 4.55. The van der Waals surface area contributed by atoms with E-state index in [9.17, 15) is 23.7 Å². The number of aromatic nitrogens is 1. The van der Waals surface area contributed by atoms with Crippen molar-refractivity contribution >= 4 is 34.2 Å². The number of hydrogen-bond acceptors (Lipinski definition) is 5. The van der Waals surface area contributed by atoms with Crippen LogP contribution in [-0.2, 0) is 16.0 Å². The van der Waals surface area contributed by atoms with Gasteiger partial charge in [-0.05, 0) is 22.6 Å². The lowest BCUT2D eigenvalue weighted by Crippen LogP contribution is -2.12. The first-order valence-corrected chi connectivity index (χ1v) is 5.63. The van der Waals surface area contributed by atoms with Crippen molar-refractivity contribution in [2.75, 3.05) is 7.11 Å². The Morgan fingerprint density at radius 3 is 2.72 bits per heavy atom. The number of nitro groups is 1. The van der Waals surface area contributed by atoms with Crippen molar-refractivity contribution in [1.82, 2.24) is 4.98 Å². The Kier molecular flexibility index (Phi) is 4.87. The summed E-state index contributed by atoms with van der Waals surface area (Å²) in [6.07, 6.45) is -2.69. The topological polar surface area (TPSA) is 82.3 Å². The van der Waals surface area contributed by atoms with Crippen LogP contribution in [0.5, 0.6) is 0 Å². The Bertz CT molecular complexity index is 496. The number of pyridine rings is 1. The van der Waals surface area contributed by atoms with E-state index in [1.54, 1.807) is 0 Å². The third-order valence-electron chi connectivity index (χ3n) is 2.12. The molecule has 0 aliphatic heterocycles. The molecule has 98 valence electrons. The van der Waals surface area contributed by atoms with Crippen LogP contribution in [-0.4, -0.2) is 23.0 Å². The van der Waals surface area contributed by atoms with Gasteiger partial charge in [-0.15, -0.1) is 0 Å². The van der Waals surface area contributed by atoms with Crippen LogP contribution in [0.25, 0.3) is 0 Å². The summed E-state index contributed by atoms with van der Waals surface area (Å²) < 4.78 is 30.0. The lowest BCUT2D eigenvalue weighted by Gasteiger charge is -2.09. The normalized spacial score (nSPS) is 10.5. The SMILES string of the molecule is COC(=O)Cc1c([N+](=O)[O-])cnc(I)c1C(F)F. The molecule has 1 aromatic heterocycles. The molecule has 0 spiro atoms. The van der Waals surface area contributed by atoms with E-state index >= 15 is 0 Å². The van der Waals surface area contributed by atoms with Crippen LogP contribution in [0.2, 0.25) is 0 Å². The summed E-state index contributed by atoms with van der Waals surface area (Å²) in [5, 5.41) is 10.7. The first-order chi connectivity index (χ1) is 8.38. The fraction of sp³-hybridized carbons (Fsp3) is 0.333. The van der Waals surface area contributed by atoms with Gasteiger partial charge in [0.1, 0.15) is 9.90 Å². The summed E-state index contributed by atoms with van der Waals surface area (Å²) in [5.41, 5.74) is -1.58. The van der Waals surface area contributed by atoms with Gasteiger partial charge in [0.05, 0.1) is 29.6 Å². The zero-order valence-corrected chi connectivity index (χ0v) is 11.2. The van der Waals surface area contributed by atoms with Gasteiger partial charge in [0.25, 0.3) is 12.1 Å². The fourth-order valence-corrected chi connectivity index (χ4v) is 2.01. The molecule has 18 heavy (non-hydrogen) atoms. The van der Waals surface area contributed by atoms with E-state index in [2.05, 4.69) is 9.72 Å². The summed E-state index contributed by atoms with van der Waals surface area (Å²) in [7, 11) is 1.07. The first kappa shape index (κ1) is 14.7. The molecule has 0 fully saturated rings. The molecule has 0 amide bonds. The molecule has 1 aromatic rings. The quantitative estimate of drug-likeness (QED) is 0.266. The summed E-state index contributed by atoms with van der Waals surface area (Å²) in [5.74, 6) is -0.831. The van der Waals surface area contributed by atoms with E-state index in [1.807, 2.05) is 0 Å². The molecule has 0 saturated carbocycles. The molecular formula is C9H7F2IN2O4. The fourth-order valence-electron chi connectivity index (χ4n) is 1.31. The van der Waals surface area contributed by atoms with Gasteiger partial charge in [0, 0.05) is 0 Å². The Morgan fingerprint density at radius 1 is 1.67 bits per heavy atom. The van der Waals surface area contributed by atoms with Crippen LogP contribution in [0.4, 0.5) is 14.5 Å². The third kappa shape index (κ3) is 3.09. The van der Waals surface area contributed by atoms with Crippen molar-refractivity contribution in [3.63, 3.8) is 0 Å². The Balaban J connectivity index is 3.43. The minimum Gasteiger partial charge on any atom is -0.469 e. The number of esters is 1. The molecule has 1 rings (SSSR count). The molecule has 6 nitrogen and oxygen atoms in total. The maximum Gasteiger partial charge on any atom is 0.310 e. The van der Waals surface area contributed by atoms with E-state index in [4.69, 9.17) is 0 Å². The molecule has 0 aromatic carbocycles. The number of nitrogens with zero attached hydrogens (tertiary/aromatic N) is 2. The molecule has 0 unspecified atom stereocenters. The molecule has 9 heteroatoms. The van der Waals surface area contributed by atoms with Crippen LogP contribution in [0.3, 0.4) is 0 Å². The highest BCUT2D eigenvalue weighted by molar-refractivity contribution is 14.1. The maximum absolute atomic E-state index is 12.9. The highest BCUT2D eigenvalue weighted by Crippen LogP contribution is 2.32. The predicted molar refractivity (Wildman–Crippen MR) is 64.3 cm³/mol. The molecule has 0 bridgehead atoms. The number of carbonyl (C=O) groups is 1. The second-order valence-corrected chi connectivity index (χ2v) is 4.16. The lowest BCUT2D eigenvalue weighted by atomic mass is 10.1. The minimum atomic E-state index is -2.95. The lowest BCUT2D eigenvalue weighted by molar-refractivity contribution is -0.386. The van der Waals surface area contributed by atoms with Crippen LogP contribution in [0, 0.1) is 13.8 Å². The Labute approximate surface area is 114 Å². The summed E-state index contributed by atoms with van der Waals surface area (Å²) >= 11 is 1.53. The number of rotatable bonds is 4. The van der Waals surface area contributed by atoms with Gasteiger partial charge in [-0.1, -0.05) is 0 Å². The Hall–Kier alpha value is -1.39. The maximum atomic E-state index is 12.9. The molecule has 0 atom stereocenters. The molecule has 1 heterocycles. The van der Waals surface area contributed by atoms with Crippen LogP contribution >= 0.6 is 22.6 Å². The van der Waals surface area contributed by atoms with Gasteiger partial charge in [0.15, 0.2) is 0 Å². The molecule has 0 aliphatic carbocycles. The largest absolute Gasteiger partial charge is 0.469 e. The number of ether oxygens (including phenoxy) is 1. The zero-order valence-electron chi connectivity index (χ0n) is 9.02. The van der Waals surface area contributed by atoms with Crippen molar-refractivity contribution < 1.29 is 23.2 Å². The van der Waals surface area contributed by atoms with Crippen molar-refractivity contribution in [2.24, 2.45) is 0 Å². The smallest absolute Gasteiger partial charge is 0.310 e. The van der Waals surface area contributed by atoms with Crippen molar-refractivity contribution in [3.05, 3.63) is 31.1 Å². The van der Waals surface area contributed by atoms with Crippen molar-refractivity contribution in [3.8, 4) is 0 Å². The second-order valence-electron chi connectivity index (χ2n) is 3.14. The predicted octanol–water partition coefficient (Wildman–Crippen LogP) is 2.25. The van der Waals surface area contributed by atoms with Gasteiger partial charge in [-0.3, -0.25) is 14.9 Å².